The fraction of sp³-hybridized carbons (Fsp3) is 0.304. The van der Waals surface area contributed by atoms with Crippen LogP contribution in [0.3, 0.4) is 0 Å². The molecule has 2 N–H and O–H groups in total. The summed E-state index contributed by atoms with van der Waals surface area (Å²) in [5.74, 6) is -0.0589. The summed E-state index contributed by atoms with van der Waals surface area (Å²) in [4.78, 5) is 21.6. The summed E-state index contributed by atoms with van der Waals surface area (Å²) in [6.07, 6.45) is 8.83. The van der Waals surface area contributed by atoms with Crippen LogP contribution in [0.1, 0.15) is 30.9 Å². The van der Waals surface area contributed by atoms with Crippen molar-refractivity contribution in [1.82, 2.24) is 19.6 Å². The van der Waals surface area contributed by atoms with E-state index < -0.39 is 10.0 Å². The number of benzene rings is 1. The van der Waals surface area contributed by atoms with Crippen LogP contribution in [0, 0.1) is 0 Å². The lowest BCUT2D eigenvalue weighted by molar-refractivity contribution is -0.130. The Bertz CT molecular complexity index is 1220. The molecular weight excluding hydrogens is 412 g/mol. The molecule has 7 nitrogen and oxygen atoms in total. The van der Waals surface area contributed by atoms with Crippen molar-refractivity contribution in [2.75, 3.05) is 19.6 Å². The molecule has 8 heteroatoms. The van der Waals surface area contributed by atoms with Crippen LogP contribution in [0.2, 0.25) is 0 Å². The number of pyridine rings is 1. The van der Waals surface area contributed by atoms with Crippen LogP contribution in [0.5, 0.6) is 0 Å². The van der Waals surface area contributed by atoms with E-state index in [0.29, 0.717) is 13.1 Å². The van der Waals surface area contributed by atoms with Crippen molar-refractivity contribution in [3.8, 4) is 0 Å². The first-order valence-electron chi connectivity index (χ1n) is 10.5. The van der Waals surface area contributed by atoms with Gasteiger partial charge in [0.25, 0.3) is 0 Å². The van der Waals surface area contributed by atoms with E-state index in [1.165, 1.54) is 46.1 Å². The van der Waals surface area contributed by atoms with Crippen molar-refractivity contribution < 1.29 is 13.2 Å². The standard InChI is InChI=1S/C23H26N4O3S/c1-2-17-5-3-7-20-21(16-25-23(17)20)18-9-13-27(14-10-18)22(28)8-12-26-31(29,30)19-6-4-11-24-15-19/h3-7,9,11,15-16,25-26H,2,8,10,12-14H2,1H3. The molecule has 0 saturated heterocycles. The number of hydrogen-bond acceptors (Lipinski definition) is 4. The van der Waals surface area contributed by atoms with E-state index in [9.17, 15) is 13.2 Å². The van der Waals surface area contributed by atoms with Gasteiger partial charge in [-0.3, -0.25) is 9.78 Å². The summed E-state index contributed by atoms with van der Waals surface area (Å²) in [6.45, 7) is 3.37. The number of nitrogens with zero attached hydrogens (tertiary/aromatic N) is 2. The number of rotatable bonds is 7. The predicted molar refractivity (Wildman–Crippen MR) is 121 cm³/mol. The van der Waals surface area contributed by atoms with E-state index in [2.05, 4.69) is 52.1 Å². The highest BCUT2D eigenvalue weighted by atomic mass is 32.2. The summed E-state index contributed by atoms with van der Waals surface area (Å²) < 4.78 is 26.9. The zero-order valence-electron chi connectivity index (χ0n) is 17.5. The minimum Gasteiger partial charge on any atom is -0.360 e. The Morgan fingerprint density at radius 3 is 2.84 bits per heavy atom. The lowest BCUT2D eigenvalue weighted by Gasteiger charge is -2.26. The van der Waals surface area contributed by atoms with Crippen LogP contribution in [0.25, 0.3) is 16.5 Å². The Morgan fingerprint density at radius 1 is 1.26 bits per heavy atom. The minimum atomic E-state index is -3.65. The molecule has 3 heterocycles. The maximum Gasteiger partial charge on any atom is 0.242 e. The molecule has 1 aliphatic heterocycles. The molecule has 31 heavy (non-hydrogen) atoms. The number of carbonyl (C=O) groups is 1. The SMILES string of the molecule is CCc1cccc2c(C3=CCN(C(=O)CCNS(=O)(=O)c4cccnc4)CC3)c[nH]c12. The van der Waals surface area contributed by atoms with Gasteiger partial charge in [0, 0.05) is 61.1 Å². The van der Waals surface area contributed by atoms with E-state index in [0.717, 1.165) is 12.8 Å². The van der Waals surface area contributed by atoms with Crippen LogP contribution < -0.4 is 4.72 Å². The van der Waals surface area contributed by atoms with Gasteiger partial charge < -0.3 is 9.88 Å². The maximum absolute atomic E-state index is 12.6. The monoisotopic (exact) mass is 438 g/mol. The fourth-order valence-electron chi connectivity index (χ4n) is 3.96. The molecule has 162 valence electrons. The second kappa shape index (κ2) is 9.03. The molecule has 1 aliphatic rings. The third-order valence-corrected chi connectivity index (χ3v) is 7.11. The van der Waals surface area contributed by atoms with Gasteiger partial charge in [0.15, 0.2) is 0 Å². The lowest BCUT2D eigenvalue weighted by Crippen LogP contribution is -2.37. The van der Waals surface area contributed by atoms with Crippen molar-refractivity contribution in [3.05, 3.63) is 66.1 Å². The molecule has 0 unspecified atom stereocenters. The second-order valence-corrected chi connectivity index (χ2v) is 9.32. The first-order chi connectivity index (χ1) is 15.0. The number of hydrogen-bond donors (Lipinski definition) is 2. The van der Waals surface area contributed by atoms with Crippen molar-refractivity contribution in [3.63, 3.8) is 0 Å². The van der Waals surface area contributed by atoms with E-state index in [1.54, 1.807) is 11.0 Å². The van der Waals surface area contributed by atoms with Gasteiger partial charge >= 0.3 is 0 Å². The van der Waals surface area contributed by atoms with E-state index in [1.807, 2.05) is 0 Å². The molecule has 0 radical (unpaired) electrons. The van der Waals surface area contributed by atoms with Crippen LogP contribution in [-0.4, -0.2) is 48.8 Å². The summed E-state index contributed by atoms with van der Waals surface area (Å²) in [7, 11) is -3.65. The number of H-pyrrole nitrogens is 1. The van der Waals surface area contributed by atoms with Gasteiger partial charge in [0.2, 0.25) is 15.9 Å². The van der Waals surface area contributed by atoms with Gasteiger partial charge in [-0.1, -0.05) is 31.2 Å². The van der Waals surface area contributed by atoms with Gasteiger partial charge in [-0.25, -0.2) is 13.1 Å². The number of para-hydroxylation sites is 1. The number of sulfonamides is 1. The summed E-state index contributed by atoms with van der Waals surface area (Å²) in [5, 5.41) is 1.22. The van der Waals surface area contributed by atoms with Crippen LogP contribution >= 0.6 is 0 Å². The highest BCUT2D eigenvalue weighted by Gasteiger charge is 2.21. The molecule has 1 aromatic carbocycles. The molecule has 0 saturated carbocycles. The summed E-state index contributed by atoms with van der Waals surface area (Å²) in [6, 6.07) is 9.40. The number of amides is 1. The molecule has 2 aromatic heterocycles. The van der Waals surface area contributed by atoms with E-state index in [-0.39, 0.29) is 23.8 Å². The fourth-order valence-corrected chi connectivity index (χ4v) is 4.95. The third kappa shape index (κ3) is 4.55. The lowest BCUT2D eigenvalue weighted by atomic mass is 9.97. The molecule has 0 fully saturated rings. The second-order valence-electron chi connectivity index (χ2n) is 7.55. The van der Waals surface area contributed by atoms with Crippen molar-refractivity contribution in [2.24, 2.45) is 0 Å². The predicted octanol–water partition coefficient (Wildman–Crippen LogP) is 3.11. The van der Waals surface area contributed by atoms with Gasteiger partial charge in [-0.2, -0.15) is 0 Å². The smallest absolute Gasteiger partial charge is 0.242 e. The molecule has 1 amide bonds. The highest BCUT2D eigenvalue weighted by Crippen LogP contribution is 2.31. The normalized spacial score (nSPS) is 14.6. The Kier molecular flexibility index (Phi) is 6.20. The molecule has 0 aliphatic carbocycles. The van der Waals surface area contributed by atoms with Crippen LogP contribution in [-0.2, 0) is 21.2 Å². The van der Waals surface area contributed by atoms with Crippen molar-refractivity contribution in [1.29, 1.82) is 0 Å². The molecule has 3 aromatic rings. The number of aromatic nitrogens is 2. The first kappa shape index (κ1) is 21.3. The molecule has 0 bridgehead atoms. The Hall–Kier alpha value is -2.97. The quantitative estimate of drug-likeness (QED) is 0.593. The van der Waals surface area contributed by atoms with Crippen molar-refractivity contribution in [2.45, 2.75) is 31.1 Å². The Balaban J connectivity index is 1.36. The zero-order valence-corrected chi connectivity index (χ0v) is 18.3. The highest BCUT2D eigenvalue weighted by molar-refractivity contribution is 7.89. The maximum atomic E-state index is 12.6. The summed E-state index contributed by atoms with van der Waals surface area (Å²) >= 11 is 0. The van der Waals surface area contributed by atoms with Crippen molar-refractivity contribution >= 4 is 32.4 Å². The molecule has 0 spiro atoms. The number of nitrogens with one attached hydrogen (secondary N) is 2. The summed E-state index contributed by atoms with van der Waals surface area (Å²) in [5.41, 5.74) is 4.91. The van der Waals surface area contributed by atoms with Gasteiger partial charge in [-0.15, -0.1) is 0 Å². The molecule has 0 atom stereocenters. The Labute approximate surface area is 182 Å². The number of aryl methyl sites for hydroxylation is 1. The van der Waals surface area contributed by atoms with Gasteiger partial charge in [0.1, 0.15) is 4.90 Å². The first-order valence-corrected chi connectivity index (χ1v) is 11.9. The average Bonchev–Trinajstić information content (AvgIpc) is 3.24. The largest absolute Gasteiger partial charge is 0.360 e. The Morgan fingerprint density at radius 2 is 2.13 bits per heavy atom. The third-order valence-electron chi connectivity index (χ3n) is 5.67. The number of aromatic amines is 1. The topological polar surface area (TPSA) is 95.2 Å². The van der Waals surface area contributed by atoms with E-state index in [4.69, 9.17) is 0 Å². The van der Waals surface area contributed by atoms with E-state index >= 15 is 0 Å². The van der Waals surface area contributed by atoms with Crippen LogP contribution in [0.15, 0.2) is 59.9 Å². The van der Waals surface area contributed by atoms with Gasteiger partial charge in [-0.05, 0) is 36.1 Å². The number of fused-ring (bicyclic) bond motifs is 1. The van der Waals surface area contributed by atoms with Crippen LogP contribution in [0.4, 0.5) is 0 Å². The average molecular weight is 439 g/mol. The molecule has 4 rings (SSSR count). The van der Waals surface area contributed by atoms with Gasteiger partial charge in [0.05, 0.1) is 0 Å². The number of carbonyl (C=O) groups excluding carboxylic acids is 1. The zero-order chi connectivity index (χ0) is 21.8. The molecular formula is C23H26N4O3S. The minimum absolute atomic E-state index is 0.0589.